The number of hydrogen-bond donors (Lipinski definition) is 2. The number of amides is 1. The van der Waals surface area contributed by atoms with Gasteiger partial charge in [-0.15, -0.1) is 0 Å². The predicted octanol–water partition coefficient (Wildman–Crippen LogP) is 0.141. The van der Waals surface area contributed by atoms with Crippen LogP contribution in [-0.4, -0.2) is 24.7 Å². The van der Waals surface area contributed by atoms with Crippen molar-refractivity contribution in [3.05, 3.63) is 0 Å². The number of rotatable bonds is 4. The maximum atomic E-state index is 9.98. The summed E-state index contributed by atoms with van der Waals surface area (Å²) < 4.78 is 0. The van der Waals surface area contributed by atoms with Crippen molar-refractivity contribution < 1.29 is 9.90 Å². The molecule has 0 radical (unpaired) electrons. The van der Waals surface area contributed by atoms with Crippen molar-refractivity contribution in [3.8, 4) is 0 Å². The first kappa shape index (κ1) is 8.53. The molecule has 1 saturated carbocycles. The lowest BCUT2D eigenvalue weighted by Gasteiger charge is -2.15. The third-order valence-electron chi connectivity index (χ3n) is 2.51. The van der Waals surface area contributed by atoms with Gasteiger partial charge in [-0.25, -0.2) is 0 Å². The van der Waals surface area contributed by atoms with Crippen molar-refractivity contribution in [2.24, 2.45) is 11.8 Å². The maximum absolute atomic E-state index is 9.98. The summed E-state index contributed by atoms with van der Waals surface area (Å²) in [6, 6.07) is 0. The maximum Gasteiger partial charge on any atom is 0.207 e. The molecular weight excluding hydrogens is 142 g/mol. The molecule has 0 aromatic rings. The van der Waals surface area contributed by atoms with E-state index in [-0.39, 0.29) is 6.61 Å². The van der Waals surface area contributed by atoms with Crippen molar-refractivity contribution in [1.29, 1.82) is 0 Å². The monoisotopic (exact) mass is 157 g/mol. The smallest absolute Gasteiger partial charge is 0.207 e. The molecule has 2 N–H and O–H groups in total. The minimum absolute atomic E-state index is 0.269. The molecule has 2 atom stereocenters. The molecule has 11 heavy (non-hydrogen) atoms. The molecular formula is C8H15NO2. The van der Waals surface area contributed by atoms with E-state index in [9.17, 15) is 4.79 Å². The highest BCUT2D eigenvalue weighted by atomic mass is 16.3. The lowest BCUT2D eigenvalue weighted by molar-refractivity contribution is -0.109. The number of aliphatic hydroxyl groups excluding tert-OH is 1. The third-order valence-corrected chi connectivity index (χ3v) is 2.51. The second-order valence-corrected chi connectivity index (χ2v) is 3.16. The molecule has 3 heteroatoms. The fourth-order valence-corrected chi connectivity index (χ4v) is 1.82. The summed E-state index contributed by atoms with van der Waals surface area (Å²) in [6.07, 6.45) is 4.18. The Morgan fingerprint density at radius 1 is 1.45 bits per heavy atom. The number of hydrogen-bond acceptors (Lipinski definition) is 2. The van der Waals surface area contributed by atoms with Crippen molar-refractivity contribution >= 4 is 6.41 Å². The van der Waals surface area contributed by atoms with E-state index < -0.39 is 0 Å². The molecule has 1 aliphatic rings. The summed E-state index contributed by atoms with van der Waals surface area (Å²) in [5.74, 6) is 0.924. The van der Waals surface area contributed by atoms with Gasteiger partial charge in [0, 0.05) is 13.2 Å². The van der Waals surface area contributed by atoms with Gasteiger partial charge >= 0.3 is 0 Å². The fraction of sp³-hybridized carbons (Fsp3) is 0.875. The van der Waals surface area contributed by atoms with Crippen LogP contribution < -0.4 is 5.32 Å². The highest BCUT2D eigenvalue weighted by molar-refractivity contribution is 5.45. The van der Waals surface area contributed by atoms with Crippen LogP contribution in [-0.2, 0) is 4.79 Å². The highest BCUT2D eigenvalue weighted by Crippen LogP contribution is 2.30. The molecule has 0 aromatic carbocycles. The van der Waals surface area contributed by atoms with Gasteiger partial charge in [0.25, 0.3) is 0 Å². The quantitative estimate of drug-likeness (QED) is 0.570. The molecule has 1 rings (SSSR count). The van der Waals surface area contributed by atoms with Gasteiger partial charge in [-0.2, -0.15) is 0 Å². The molecule has 2 unspecified atom stereocenters. The van der Waals surface area contributed by atoms with Crippen LogP contribution in [0.3, 0.4) is 0 Å². The number of aliphatic hydroxyl groups is 1. The second kappa shape index (κ2) is 4.34. The van der Waals surface area contributed by atoms with E-state index >= 15 is 0 Å². The molecule has 0 aromatic heterocycles. The Balaban J connectivity index is 2.25. The summed E-state index contributed by atoms with van der Waals surface area (Å²) in [6.45, 7) is 1.000. The largest absolute Gasteiger partial charge is 0.396 e. The molecule has 1 fully saturated rings. The Labute approximate surface area is 66.8 Å². The molecule has 0 heterocycles. The van der Waals surface area contributed by atoms with E-state index in [0.29, 0.717) is 11.8 Å². The van der Waals surface area contributed by atoms with Gasteiger partial charge in [0.1, 0.15) is 0 Å². The molecule has 1 amide bonds. The van der Waals surface area contributed by atoms with Gasteiger partial charge in [-0.05, 0) is 24.7 Å². The Morgan fingerprint density at radius 2 is 2.18 bits per heavy atom. The minimum Gasteiger partial charge on any atom is -0.396 e. The summed E-state index contributed by atoms with van der Waals surface area (Å²) in [7, 11) is 0. The van der Waals surface area contributed by atoms with E-state index in [4.69, 9.17) is 5.11 Å². The second-order valence-electron chi connectivity index (χ2n) is 3.16. The van der Waals surface area contributed by atoms with E-state index in [1.807, 2.05) is 0 Å². The Kier molecular flexibility index (Phi) is 3.36. The van der Waals surface area contributed by atoms with Crippen LogP contribution in [0.25, 0.3) is 0 Å². The van der Waals surface area contributed by atoms with Crippen LogP contribution in [0.4, 0.5) is 0 Å². The lowest BCUT2D eigenvalue weighted by atomic mass is 9.97. The minimum atomic E-state index is 0.269. The molecule has 1 aliphatic carbocycles. The number of carbonyl (C=O) groups excluding carboxylic acids is 1. The first-order chi connectivity index (χ1) is 5.38. The molecule has 0 bridgehead atoms. The summed E-state index contributed by atoms with van der Waals surface area (Å²) >= 11 is 0. The van der Waals surface area contributed by atoms with Crippen LogP contribution in [0, 0.1) is 11.8 Å². The summed E-state index contributed by atoms with van der Waals surface area (Å²) in [5, 5.41) is 11.6. The highest BCUT2D eigenvalue weighted by Gasteiger charge is 2.25. The Hall–Kier alpha value is -0.570. The van der Waals surface area contributed by atoms with Gasteiger partial charge in [0.2, 0.25) is 6.41 Å². The zero-order valence-electron chi connectivity index (χ0n) is 6.62. The van der Waals surface area contributed by atoms with Crippen LogP contribution in [0.15, 0.2) is 0 Å². The topological polar surface area (TPSA) is 49.3 Å². The molecule has 64 valence electrons. The van der Waals surface area contributed by atoms with Crippen LogP contribution in [0.1, 0.15) is 19.3 Å². The lowest BCUT2D eigenvalue weighted by Crippen LogP contribution is -2.25. The van der Waals surface area contributed by atoms with Gasteiger partial charge in [0.05, 0.1) is 0 Å². The first-order valence-corrected chi connectivity index (χ1v) is 4.16. The van der Waals surface area contributed by atoms with Gasteiger partial charge in [-0.1, -0.05) is 6.42 Å². The number of nitrogens with one attached hydrogen (secondary N) is 1. The van der Waals surface area contributed by atoms with Crippen molar-refractivity contribution in [2.45, 2.75) is 19.3 Å². The van der Waals surface area contributed by atoms with Crippen molar-refractivity contribution in [2.75, 3.05) is 13.2 Å². The zero-order valence-corrected chi connectivity index (χ0v) is 6.62. The Bertz CT molecular complexity index is 127. The first-order valence-electron chi connectivity index (χ1n) is 4.16. The number of carbonyl (C=O) groups is 1. The average Bonchev–Trinajstić information content (AvgIpc) is 2.47. The average molecular weight is 157 g/mol. The fourth-order valence-electron chi connectivity index (χ4n) is 1.82. The molecule has 0 saturated heterocycles. The van der Waals surface area contributed by atoms with Crippen LogP contribution >= 0.6 is 0 Å². The Morgan fingerprint density at radius 3 is 2.82 bits per heavy atom. The van der Waals surface area contributed by atoms with Gasteiger partial charge in [-0.3, -0.25) is 4.79 Å². The van der Waals surface area contributed by atoms with E-state index in [0.717, 1.165) is 25.8 Å². The SMILES string of the molecule is O=CNCC1CCCC1CO. The van der Waals surface area contributed by atoms with Gasteiger partial charge < -0.3 is 10.4 Å². The third kappa shape index (κ3) is 2.19. The standard InChI is InChI=1S/C8H15NO2/c10-5-8-3-1-2-7(8)4-9-6-11/h6-8,10H,1-5H2,(H,9,11). The summed E-state index contributed by atoms with van der Waals surface area (Å²) in [5.41, 5.74) is 0. The van der Waals surface area contributed by atoms with E-state index in [2.05, 4.69) is 5.32 Å². The molecule has 3 nitrogen and oxygen atoms in total. The van der Waals surface area contributed by atoms with Crippen molar-refractivity contribution in [3.63, 3.8) is 0 Å². The molecule has 0 aliphatic heterocycles. The normalized spacial score (nSPS) is 30.3. The predicted molar refractivity (Wildman–Crippen MR) is 42.0 cm³/mol. The zero-order chi connectivity index (χ0) is 8.10. The van der Waals surface area contributed by atoms with Crippen molar-refractivity contribution in [1.82, 2.24) is 5.32 Å². The van der Waals surface area contributed by atoms with E-state index in [1.165, 1.54) is 6.42 Å². The van der Waals surface area contributed by atoms with Gasteiger partial charge in [0.15, 0.2) is 0 Å². The molecule has 0 spiro atoms. The summed E-state index contributed by atoms with van der Waals surface area (Å²) in [4.78, 5) is 9.98. The van der Waals surface area contributed by atoms with Crippen LogP contribution in [0.2, 0.25) is 0 Å². The van der Waals surface area contributed by atoms with Crippen LogP contribution in [0.5, 0.6) is 0 Å². The van der Waals surface area contributed by atoms with E-state index in [1.54, 1.807) is 0 Å².